The molecule has 0 unspecified atom stereocenters. The van der Waals surface area contributed by atoms with Gasteiger partial charge in [-0.05, 0) is 37.5 Å². The van der Waals surface area contributed by atoms with Gasteiger partial charge in [0.05, 0.1) is 5.56 Å². The van der Waals surface area contributed by atoms with Crippen LogP contribution in [0.2, 0.25) is 0 Å². The zero-order chi connectivity index (χ0) is 13.3. The van der Waals surface area contributed by atoms with Crippen molar-refractivity contribution in [1.82, 2.24) is 4.90 Å². The first-order chi connectivity index (χ1) is 8.50. The maximum Gasteiger partial charge on any atom is 0.256 e. The van der Waals surface area contributed by atoms with Crippen molar-refractivity contribution in [3.05, 3.63) is 23.8 Å². The van der Waals surface area contributed by atoms with E-state index in [-0.39, 0.29) is 5.91 Å². The Kier molecular flexibility index (Phi) is 3.45. The van der Waals surface area contributed by atoms with E-state index in [9.17, 15) is 4.79 Å². The van der Waals surface area contributed by atoms with Gasteiger partial charge in [0.2, 0.25) is 0 Å². The zero-order valence-corrected chi connectivity index (χ0v) is 11.3. The summed E-state index contributed by atoms with van der Waals surface area (Å²) in [5.74, 6) is 0.0655. The van der Waals surface area contributed by atoms with Crippen molar-refractivity contribution >= 4 is 17.3 Å². The van der Waals surface area contributed by atoms with Crippen LogP contribution in [0.3, 0.4) is 0 Å². The second-order valence-corrected chi connectivity index (χ2v) is 5.17. The van der Waals surface area contributed by atoms with Gasteiger partial charge >= 0.3 is 0 Å². The number of rotatable bonds is 3. The minimum atomic E-state index is 0.0655. The molecular formula is C14H21N3O. The van der Waals surface area contributed by atoms with Crippen molar-refractivity contribution in [3.63, 3.8) is 0 Å². The first-order valence-corrected chi connectivity index (χ1v) is 6.34. The van der Waals surface area contributed by atoms with Crippen LogP contribution in [0.5, 0.6) is 0 Å². The molecule has 0 atom stereocenters. The van der Waals surface area contributed by atoms with Gasteiger partial charge in [-0.25, -0.2) is 0 Å². The molecule has 18 heavy (non-hydrogen) atoms. The molecule has 0 spiro atoms. The number of benzene rings is 1. The predicted octanol–water partition coefficient (Wildman–Crippen LogP) is 1.96. The monoisotopic (exact) mass is 247 g/mol. The Morgan fingerprint density at radius 1 is 1.28 bits per heavy atom. The molecule has 1 saturated carbocycles. The summed E-state index contributed by atoms with van der Waals surface area (Å²) in [5.41, 5.74) is 8.04. The Hall–Kier alpha value is -1.71. The summed E-state index contributed by atoms with van der Waals surface area (Å²) in [6.07, 6.45) is 3.45. The molecule has 4 nitrogen and oxygen atoms in total. The Balaban J connectivity index is 2.30. The standard InChI is InChI=1S/C14H21N3O/c1-16(2)13-8-7-10(15)9-12(13)14(18)17(3)11-5-4-6-11/h7-9,11H,4-6,15H2,1-3H3. The van der Waals surface area contributed by atoms with Crippen LogP contribution in [-0.4, -0.2) is 38.0 Å². The molecule has 1 fully saturated rings. The molecule has 1 amide bonds. The predicted molar refractivity (Wildman–Crippen MR) is 74.9 cm³/mol. The third-order valence-corrected chi connectivity index (χ3v) is 3.68. The van der Waals surface area contributed by atoms with Crippen molar-refractivity contribution in [2.45, 2.75) is 25.3 Å². The topological polar surface area (TPSA) is 49.6 Å². The van der Waals surface area contributed by atoms with Gasteiger partial charge in [-0.3, -0.25) is 4.79 Å². The maximum atomic E-state index is 12.5. The number of nitrogens with two attached hydrogens (primary N) is 1. The van der Waals surface area contributed by atoms with Crippen molar-refractivity contribution in [2.24, 2.45) is 0 Å². The quantitative estimate of drug-likeness (QED) is 0.831. The highest BCUT2D eigenvalue weighted by Crippen LogP contribution is 2.28. The fourth-order valence-electron chi connectivity index (χ4n) is 2.24. The SMILES string of the molecule is CN(C)c1ccc(N)cc1C(=O)N(C)C1CCC1. The van der Waals surface area contributed by atoms with Gasteiger partial charge in [-0.2, -0.15) is 0 Å². The number of hydrogen-bond acceptors (Lipinski definition) is 3. The zero-order valence-electron chi connectivity index (χ0n) is 11.3. The van der Waals surface area contributed by atoms with Crippen LogP contribution in [0.1, 0.15) is 29.6 Å². The summed E-state index contributed by atoms with van der Waals surface area (Å²) < 4.78 is 0. The maximum absolute atomic E-state index is 12.5. The molecule has 1 aliphatic rings. The van der Waals surface area contributed by atoms with Crippen LogP contribution in [-0.2, 0) is 0 Å². The van der Waals surface area contributed by atoms with Gasteiger partial charge in [0.1, 0.15) is 0 Å². The molecule has 0 heterocycles. The Morgan fingerprint density at radius 2 is 1.94 bits per heavy atom. The molecule has 0 aliphatic heterocycles. The molecule has 0 saturated heterocycles. The Morgan fingerprint density at radius 3 is 2.44 bits per heavy atom. The van der Waals surface area contributed by atoms with Gasteiger partial charge in [0, 0.05) is 38.6 Å². The molecule has 0 aromatic heterocycles. The lowest BCUT2D eigenvalue weighted by Gasteiger charge is -2.35. The lowest BCUT2D eigenvalue weighted by molar-refractivity contribution is 0.0653. The number of hydrogen-bond donors (Lipinski definition) is 1. The van der Waals surface area contributed by atoms with Crippen molar-refractivity contribution in [2.75, 3.05) is 31.8 Å². The second-order valence-electron chi connectivity index (χ2n) is 5.17. The van der Waals surface area contributed by atoms with E-state index in [4.69, 9.17) is 5.73 Å². The second kappa shape index (κ2) is 4.88. The van der Waals surface area contributed by atoms with Crippen molar-refractivity contribution in [3.8, 4) is 0 Å². The normalized spacial score (nSPS) is 15.1. The number of nitrogen functional groups attached to an aromatic ring is 1. The van der Waals surface area contributed by atoms with E-state index in [1.165, 1.54) is 6.42 Å². The lowest BCUT2D eigenvalue weighted by atomic mass is 9.91. The van der Waals surface area contributed by atoms with Crippen LogP contribution in [0.4, 0.5) is 11.4 Å². The molecule has 1 aliphatic carbocycles. The number of anilines is 2. The first-order valence-electron chi connectivity index (χ1n) is 6.34. The average Bonchev–Trinajstić information content (AvgIpc) is 2.25. The van der Waals surface area contributed by atoms with E-state index < -0.39 is 0 Å². The third kappa shape index (κ3) is 2.28. The highest BCUT2D eigenvalue weighted by Gasteiger charge is 2.27. The van der Waals surface area contributed by atoms with E-state index in [0.29, 0.717) is 17.3 Å². The van der Waals surface area contributed by atoms with E-state index >= 15 is 0 Å². The van der Waals surface area contributed by atoms with Crippen molar-refractivity contribution < 1.29 is 4.79 Å². The fraction of sp³-hybridized carbons (Fsp3) is 0.500. The van der Waals surface area contributed by atoms with Gasteiger partial charge < -0.3 is 15.5 Å². The van der Waals surface area contributed by atoms with Gasteiger partial charge in [0.15, 0.2) is 0 Å². The summed E-state index contributed by atoms with van der Waals surface area (Å²) >= 11 is 0. The smallest absolute Gasteiger partial charge is 0.256 e. The summed E-state index contributed by atoms with van der Waals surface area (Å²) in [5, 5.41) is 0. The van der Waals surface area contributed by atoms with E-state index in [1.54, 1.807) is 6.07 Å². The highest BCUT2D eigenvalue weighted by molar-refractivity contribution is 6.00. The van der Waals surface area contributed by atoms with E-state index in [2.05, 4.69) is 0 Å². The summed E-state index contributed by atoms with van der Waals surface area (Å²) in [6.45, 7) is 0. The van der Waals surface area contributed by atoms with E-state index in [0.717, 1.165) is 18.5 Å². The van der Waals surface area contributed by atoms with Crippen LogP contribution >= 0.6 is 0 Å². The lowest BCUT2D eigenvalue weighted by Crippen LogP contribution is -2.41. The minimum absolute atomic E-state index is 0.0655. The number of nitrogens with zero attached hydrogens (tertiary/aromatic N) is 2. The summed E-state index contributed by atoms with van der Waals surface area (Å²) in [6, 6.07) is 5.90. The summed E-state index contributed by atoms with van der Waals surface area (Å²) in [7, 11) is 5.76. The van der Waals surface area contributed by atoms with Crippen LogP contribution in [0, 0.1) is 0 Å². The minimum Gasteiger partial charge on any atom is -0.399 e. The van der Waals surface area contributed by atoms with Gasteiger partial charge in [0.25, 0.3) is 5.91 Å². The molecule has 0 bridgehead atoms. The Bertz CT molecular complexity index is 452. The molecule has 2 N–H and O–H groups in total. The van der Waals surface area contributed by atoms with E-state index in [1.807, 2.05) is 43.1 Å². The average molecular weight is 247 g/mol. The molecular weight excluding hydrogens is 226 g/mol. The number of carbonyl (C=O) groups is 1. The Labute approximate surface area is 108 Å². The fourth-order valence-corrected chi connectivity index (χ4v) is 2.24. The number of amides is 1. The molecule has 0 radical (unpaired) electrons. The molecule has 4 heteroatoms. The third-order valence-electron chi connectivity index (χ3n) is 3.68. The first kappa shape index (κ1) is 12.7. The summed E-state index contributed by atoms with van der Waals surface area (Å²) in [4.78, 5) is 16.3. The number of carbonyl (C=O) groups excluding carboxylic acids is 1. The molecule has 1 aromatic carbocycles. The van der Waals surface area contributed by atoms with Crippen LogP contribution in [0.25, 0.3) is 0 Å². The van der Waals surface area contributed by atoms with Crippen LogP contribution in [0.15, 0.2) is 18.2 Å². The van der Waals surface area contributed by atoms with Gasteiger partial charge in [-0.15, -0.1) is 0 Å². The molecule has 98 valence electrons. The molecule has 1 aromatic rings. The van der Waals surface area contributed by atoms with Crippen molar-refractivity contribution in [1.29, 1.82) is 0 Å². The highest BCUT2D eigenvalue weighted by atomic mass is 16.2. The van der Waals surface area contributed by atoms with Gasteiger partial charge in [-0.1, -0.05) is 0 Å². The van der Waals surface area contributed by atoms with Crippen LogP contribution < -0.4 is 10.6 Å². The molecule has 2 rings (SSSR count). The largest absolute Gasteiger partial charge is 0.399 e.